The molecule has 1 saturated heterocycles. The molecule has 0 radical (unpaired) electrons. The molecule has 7 nitrogen and oxygen atoms in total. The van der Waals surface area contributed by atoms with E-state index in [1.807, 2.05) is 13.0 Å². The Labute approximate surface area is 211 Å². The van der Waals surface area contributed by atoms with Crippen molar-refractivity contribution < 1.29 is 28.6 Å². The van der Waals surface area contributed by atoms with E-state index in [0.717, 1.165) is 11.1 Å². The second-order valence-electron chi connectivity index (χ2n) is 7.74. The highest BCUT2D eigenvalue weighted by Gasteiger charge is 2.32. The van der Waals surface area contributed by atoms with Crippen LogP contribution in [0.2, 0.25) is 0 Å². The summed E-state index contributed by atoms with van der Waals surface area (Å²) >= 11 is 1.22. The van der Waals surface area contributed by atoms with E-state index in [2.05, 4.69) is 4.99 Å². The number of thioether (sulfide) groups is 1. The number of likely N-dealkylation sites (N-methyl/N-ethyl adjacent to an activating group) is 1. The molecule has 0 spiro atoms. The van der Waals surface area contributed by atoms with Crippen LogP contribution in [-0.2, 0) is 11.4 Å². The van der Waals surface area contributed by atoms with Crippen molar-refractivity contribution in [2.75, 3.05) is 13.7 Å². The van der Waals surface area contributed by atoms with Crippen molar-refractivity contribution in [1.82, 2.24) is 4.90 Å². The summed E-state index contributed by atoms with van der Waals surface area (Å²) < 4.78 is 24.4. The van der Waals surface area contributed by atoms with Crippen LogP contribution < -0.4 is 9.47 Å². The van der Waals surface area contributed by atoms with E-state index in [1.54, 1.807) is 47.4 Å². The highest BCUT2D eigenvalue weighted by molar-refractivity contribution is 8.18. The standard InChI is InChI=1S/C27H23FN2O5S/c1-3-30-25(31)24(36-27(30)29-21-6-4-5-19(15-21)26(32)33)14-18-9-12-22(23(13-18)34-2)35-16-17-7-10-20(28)11-8-17/h4-15H,3,16H2,1-2H3,(H,32,33)/b24-14-,29-27?. The largest absolute Gasteiger partial charge is 0.493 e. The van der Waals surface area contributed by atoms with Gasteiger partial charge in [0.2, 0.25) is 0 Å². The lowest BCUT2D eigenvalue weighted by molar-refractivity contribution is -0.122. The molecule has 1 aliphatic heterocycles. The second-order valence-corrected chi connectivity index (χ2v) is 8.74. The average molecular weight is 507 g/mol. The lowest BCUT2D eigenvalue weighted by atomic mass is 10.1. The van der Waals surface area contributed by atoms with E-state index in [1.165, 1.54) is 43.1 Å². The Kier molecular flexibility index (Phi) is 7.70. The van der Waals surface area contributed by atoms with Crippen LogP contribution in [0.4, 0.5) is 10.1 Å². The Morgan fingerprint density at radius 2 is 1.89 bits per heavy atom. The van der Waals surface area contributed by atoms with Gasteiger partial charge in [-0.05, 0) is 78.4 Å². The van der Waals surface area contributed by atoms with E-state index in [0.29, 0.717) is 33.8 Å². The molecule has 0 bridgehead atoms. The average Bonchev–Trinajstić information content (AvgIpc) is 3.17. The number of ether oxygens (including phenoxy) is 2. The van der Waals surface area contributed by atoms with Gasteiger partial charge in [-0.25, -0.2) is 14.2 Å². The van der Waals surface area contributed by atoms with Crippen LogP contribution in [0.3, 0.4) is 0 Å². The van der Waals surface area contributed by atoms with E-state index in [4.69, 9.17) is 9.47 Å². The van der Waals surface area contributed by atoms with Crippen molar-refractivity contribution in [3.05, 3.63) is 94.1 Å². The summed E-state index contributed by atoms with van der Waals surface area (Å²) in [6.45, 7) is 2.51. The van der Waals surface area contributed by atoms with Crippen molar-refractivity contribution in [3.63, 3.8) is 0 Å². The third-order valence-corrected chi connectivity index (χ3v) is 6.32. The van der Waals surface area contributed by atoms with Gasteiger partial charge in [-0.2, -0.15) is 0 Å². The van der Waals surface area contributed by atoms with Crippen molar-refractivity contribution in [2.24, 2.45) is 4.99 Å². The summed E-state index contributed by atoms with van der Waals surface area (Å²) in [6.07, 6.45) is 1.75. The first kappa shape index (κ1) is 25.0. The van der Waals surface area contributed by atoms with Crippen LogP contribution in [0.15, 0.2) is 76.6 Å². The molecule has 1 fully saturated rings. The summed E-state index contributed by atoms with van der Waals surface area (Å²) in [6, 6.07) is 17.6. The molecule has 0 saturated carbocycles. The number of aliphatic imine (C=N–C) groups is 1. The van der Waals surface area contributed by atoms with Gasteiger partial charge in [-0.3, -0.25) is 9.69 Å². The molecule has 0 aliphatic carbocycles. The van der Waals surface area contributed by atoms with Crippen LogP contribution in [0, 0.1) is 5.82 Å². The Bertz CT molecular complexity index is 1350. The summed E-state index contributed by atoms with van der Waals surface area (Å²) in [4.78, 5) is 30.8. The first-order valence-electron chi connectivity index (χ1n) is 11.1. The van der Waals surface area contributed by atoms with Gasteiger partial charge in [-0.1, -0.05) is 24.3 Å². The third-order valence-electron chi connectivity index (χ3n) is 5.32. The Balaban J connectivity index is 1.55. The number of halogens is 1. The van der Waals surface area contributed by atoms with Gasteiger partial charge >= 0.3 is 5.97 Å². The molecular weight excluding hydrogens is 483 g/mol. The summed E-state index contributed by atoms with van der Waals surface area (Å²) in [5, 5.41) is 9.69. The van der Waals surface area contributed by atoms with Gasteiger partial charge in [0.1, 0.15) is 12.4 Å². The minimum Gasteiger partial charge on any atom is -0.493 e. The molecular formula is C27H23FN2O5S. The maximum Gasteiger partial charge on any atom is 0.335 e. The maximum atomic E-state index is 13.1. The lowest BCUT2D eigenvalue weighted by Crippen LogP contribution is -2.28. The van der Waals surface area contributed by atoms with E-state index < -0.39 is 5.97 Å². The highest BCUT2D eigenvalue weighted by atomic mass is 32.2. The second kappa shape index (κ2) is 11.1. The predicted molar refractivity (Wildman–Crippen MR) is 137 cm³/mol. The molecule has 0 aromatic heterocycles. The molecule has 4 rings (SSSR count). The topological polar surface area (TPSA) is 88.4 Å². The zero-order valence-corrected chi connectivity index (χ0v) is 20.4. The quantitative estimate of drug-likeness (QED) is 0.392. The minimum absolute atomic E-state index is 0.124. The number of rotatable bonds is 8. The highest BCUT2D eigenvalue weighted by Crippen LogP contribution is 2.36. The van der Waals surface area contributed by atoms with Gasteiger partial charge in [0.05, 0.1) is 23.3 Å². The SMILES string of the molecule is CCN1C(=O)/C(=C/c2ccc(OCc3ccc(F)cc3)c(OC)c2)SC1=Nc1cccc(C(=O)O)c1. The molecule has 3 aromatic rings. The smallest absolute Gasteiger partial charge is 0.335 e. The van der Waals surface area contributed by atoms with Gasteiger partial charge < -0.3 is 14.6 Å². The Morgan fingerprint density at radius 3 is 2.58 bits per heavy atom. The van der Waals surface area contributed by atoms with Crippen molar-refractivity contribution >= 4 is 40.6 Å². The number of carbonyl (C=O) groups excluding carboxylic acids is 1. The van der Waals surface area contributed by atoms with Gasteiger partial charge in [0, 0.05) is 6.54 Å². The molecule has 9 heteroatoms. The fraction of sp³-hybridized carbons (Fsp3) is 0.148. The van der Waals surface area contributed by atoms with Crippen molar-refractivity contribution in [2.45, 2.75) is 13.5 Å². The van der Waals surface area contributed by atoms with Crippen LogP contribution in [0.25, 0.3) is 6.08 Å². The molecule has 36 heavy (non-hydrogen) atoms. The first-order valence-corrected chi connectivity index (χ1v) is 11.9. The lowest BCUT2D eigenvalue weighted by Gasteiger charge is -2.12. The van der Waals surface area contributed by atoms with E-state index in [9.17, 15) is 19.1 Å². The summed E-state index contributed by atoms with van der Waals surface area (Å²) in [5.74, 6) is -0.527. The monoisotopic (exact) mass is 506 g/mol. The normalized spacial score (nSPS) is 15.5. The van der Waals surface area contributed by atoms with E-state index in [-0.39, 0.29) is 23.9 Å². The maximum absolute atomic E-state index is 13.1. The molecule has 184 valence electrons. The number of hydrogen-bond donors (Lipinski definition) is 1. The van der Waals surface area contributed by atoms with Gasteiger partial charge in [-0.15, -0.1) is 0 Å². The molecule has 1 amide bonds. The van der Waals surface area contributed by atoms with Crippen LogP contribution in [0.1, 0.15) is 28.4 Å². The fourth-order valence-electron chi connectivity index (χ4n) is 3.48. The number of benzene rings is 3. The van der Waals surface area contributed by atoms with Crippen molar-refractivity contribution in [1.29, 1.82) is 0 Å². The first-order chi connectivity index (χ1) is 17.4. The molecule has 0 atom stereocenters. The van der Waals surface area contributed by atoms with Crippen LogP contribution >= 0.6 is 11.8 Å². The Hall–Kier alpha value is -4.11. The zero-order valence-electron chi connectivity index (χ0n) is 19.6. The Morgan fingerprint density at radius 1 is 1.11 bits per heavy atom. The fourth-order valence-corrected chi connectivity index (χ4v) is 4.54. The van der Waals surface area contributed by atoms with E-state index >= 15 is 0 Å². The molecule has 1 aliphatic rings. The zero-order chi connectivity index (χ0) is 25.7. The molecule has 1 N–H and O–H groups in total. The third kappa shape index (κ3) is 5.75. The predicted octanol–water partition coefficient (Wildman–Crippen LogP) is 5.74. The molecule has 1 heterocycles. The molecule has 0 unspecified atom stereocenters. The van der Waals surface area contributed by atoms with Crippen LogP contribution in [0.5, 0.6) is 11.5 Å². The number of methoxy groups -OCH3 is 1. The van der Waals surface area contributed by atoms with Crippen molar-refractivity contribution in [3.8, 4) is 11.5 Å². The number of carboxylic acids is 1. The number of amidine groups is 1. The minimum atomic E-state index is -1.04. The number of hydrogen-bond acceptors (Lipinski definition) is 6. The van der Waals surface area contributed by atoms with Crippen LogP contribution in [-0.4, -0.2) is 40.7 Å². The summed E-state index contributed by atoms with van der Waals surface area (Å²) in [5.41, 5.74) is 2.13. The number of amides is 1. The number of carbonyl (C=O) groups is 2. The van der Waals surface area contributed by atoms with Gasteiger partial charge in [0.25, 0.3) is 5.91 Å². The number of nitrogens with zero attached hydrogens (tertiary/aromatic N) is 2. The number of carboxylic acid groups (broad SMARTS) is 1. The molecule has 3 aromatic carbocycles. The van der Waals surface area contributed by atoms with Gasteiger partial charge in [0.15, 0.2) is 16.7 Å². The number of aromatic carboxylic acids is 1. The summed E-state index contributed by atoms with van der Waals surface area (Å²) in [7, 11) is 1.53.